The molecule has 0 aliphatic heterocycles. The average Bonchev–Trinajstić information content (AvgIpc) is 2.64. The van der Waals surface area contributed by atoms with Gasteiger partial charge in [-0.2, -0.15) is 0 Å². The van der Waals surface area contributed by atoms with Crippen LogP contribution in [0, 0.1) is 5.82 Å². The third-order valence-corrected chi connectivity index (χ3v) is 3.81. The smallest absolute Gasteiger partial charge is 0.251 e. The van der Waals surface area contributed by atoms with E-state index >= 15 is 0 Å². The van der Waals surface area contributed by atoms with Gasteiger partial charge in [-0.15, -0.1) is 0 Å². The summed E-state index contributed by atoms with van der Waals surface area (Å²) >= 11 is 0. The third kappa shape index (κ3) is 7.39. The van der Waals surface area contributed by atoms with Gasteiger partial charge in [-0.1, -0.05) is 24.3 Å². The number of guanidine groups is 1. The molecule has 0 bridgehead atoms. The Balaban J connectivity index is 2.02. The zero-order valence-corrected chi connectivity index (χ0v) is 17.0. The molecule has 0 atom stereocenters. The van der Waals surface area contributed by atoms with E-state index in [1.165, 1.54) is 12.1 Å². The molecular weight excluding hydrogens is 355 g/mol. The molecule has 0 fully saturated rings. The lowest BCUT2D eigenvalue weighted by molar-refractivity contribution is 0.0919. The average molecular weight is 384 g/mol. The summed E-state index contributed by atoms with van der Waals surface area (Å²) in [5.41, 5.74) is 2.24. The number of benzene rings is 2. The van der Waals surface area contributed by atoms with Crippen LogP contribution >= 0.6 is 0 Å². The van der Waals surface area contributed by atoms with Crippen LogP contribution in [0.15, 0.2) is 53.5 Å². The van der Waals surface area contributed by atoms with Gasteiger partial charge in [0.25, 0.3) is 5.91 Å². The van der Waals surface area contributed by atoms with Crippen LogP contribution in [0.5, 0.6) is 0 Å². The predicted octanol–water partition coefficient (Wildman–Crippen LogP) is 3.61. The van der Waals surface area contributed by atoms with E-state index < -0.39 is 0 Å². The minimum absolute atomic E-state index is 0.0975. The molecule has 2 rings (SSSR count). The van der Waals surface area contributed by atoms with E-state index in [9.17, 15) is 9.18 Å². The van der Waals surface area contributed by atoms with Crippen molar-refractivity contribution in [3.05, 3.63) is 71.0 Å². The molecule has 28 heavy (non-hydrogen) atoms. The number of carbonyl (C=O) groups excluding carboxylic acids is 1. The van der Waals surface area contributed by atoms with Gasteiger partial charge in [0.05, 0.1) is 6.54 Å². The second-order valence-electron chi connectivity index (χ2n) is 7.58. The van der Waals surface area contributed by atoms with Crippen LogP contribution in [-0.4, -0.2) is 24.0 Å². The van der Waals surface area contributed by atoms with Crippen molar-refractivity contribution in [3.63, 3.8) is 0 Å². The third-order valence-electron chi connectivity index (χ3n) is 3.81. The van der Waals surface area contributed by atoms with Gasteiger partial charge in [-0.3, -0.25) is 4.79 Å². The molecular formula is C22H29FN4O. The molecule has 5 nitrogen and oxygen atoms in total. The van der Waals surface area contributed by atoms with Crippen molar-refractivity contribution in [2.45, 2.75) is 46.3 Å². The van der Waals surface area contributed by atoms with Crippen LogP contribution in [0.1, 0.15) is 49.2 Å². The van der Waals surface area contributed by atoms with Crippen molar-refractivity contribution >= 4 is 11.9 Å². The number of hydrogen-bond donors (Lipinski definition) is 3. The lowest BCUT2D eigenvalue weighted by atomic mass is 10.1. The Hall–Kier alpha value is -2.89. The van der Waals surface area contributed by atoms with Gasteiger partial charge in [-0.05, 0) is 63.1 Å². The summed E-state index contributed by atoms with van der Waals surface area (Å²) in [6.45, 7) is 9.56. The first-order valence-corrected chi connectivity index (χ1v) is 9.45. The quantitative estimate of drug-likeness (QED) is 0.527. The lowest BCUT2D eigenvalue weighted by Crippen LogP contribution is -2.40. The molecule has 0 aromatic heterocycles. The van der Waals surface area contributed by atoms with Crippen LogP contribution in [0.25, 0.3) is 0 Å². The van der Waals surface area contributed by atoms with Crippen molar-refractivity contribution in [3.8, 4) is 0 Å². The number of rotatable bonds is 6. The number of halogens is 1. The molecule has 2 aromatic rings. The van der Waals surface area contributed by atoms with E-state index in [1.54, 1.807) is 18.2 Å². The Labute approximate surface area is 166 Å². The number of nitrogens with one attached hydrogen (secondary N) is 3. The predicted molar refractivity (Wildman–Crippen MR) is 112 cm³/mol. The van der Waals surface area contributed by atoms with Crippen molar-refractivity contribution in [2.75, 3.05) is 6.54 Å². The number of hydrogen-bond acceptors (Lipinski definition) is 2. The second-order valence-corrected chi connectivity index (χ2v) is 7.58. The normalized spacial score (nSPS) is 11.8. The number of aliphatic imine (C=N–C) groups is 1. The molecule has 150 valence electrons. The maximum Gasteiger partial charge on any atom is 0.251 e. The zero-order valence-electron chi connectivity index (χ0n) is 17.0. The van der Waals surface area contributed by atoms with Crippen molar-refractivity contribution in [1.82, 2.24) is 16.0 Å². The molecule has 0 spiro atoms. The second kappa shape index (κ2) is 9.88. The van der Waals surface area contributed by atoms with E-state index in [1.807, 2.05) is 45.9 Å². The fourth-order valence-corrected chi connectivity index (χ4v) is 2.52. The molecule has 3 N–H and O–H groups in total. The minimum Gasteiger partial charge on any atom is -0.357 e. The summed E-state index contributed by atoms with van der Waals surface area (Å²) in [7, 11) is 0. The van der Waals surface area contributed by atoms with Crippen LogP contribution in [-0.2, 0) is 13.1 Å². The zero-order chi connectivity index (χ0) is 20.6. The number of amides is 1. The first kappa shape index (κ1) is 21.4. The van der Waals surface area contributed by atoms with Gasteiger partial charge in [0.15, 0.2) is 5.96 Å². The van der Waals surface area contributed by atoms with Crippen LogP contribution in [0.2, 0.25) is 0 Å². The van der Waals surface area contributed by atoms with E-state index in [0.29, 0.717) is 24.6 Å². The van der Waals surface area contributed by atoms with E-state index in [-0.39, 0.29) is 17.3 Å². The SMILES string of the molecule is CCNC(=NCc1cccc(C(=O)NC(C)(C)C)c1)NCc1ccc(F)cc1. The molecule has 0 saturated heterocycles. The number of carbonyl (C=O) groups is 1. The van der Waals surface area contributed by atoms with Crippen molar-refractivity contribution in [2.24, 2.45) is 4.99 Å². The molecule has 0 heterocycles. The van der Waals surface area contributed by atoms with Crippen LogP contribution < -0.4 is 16.0 Å². The van der Waals surface area contributed by atoms with Gasteiger partial charge in [0, 0.05) is 24.2 Å². The largest absolute Gasteiger partial charge is 0.357 e. The molecule has 0 aliphatic rings. The Morgan fingerprint density at radius 1 is 1.04 bits per heavy atom. The van der Waals surface area contributed by atoms with Crippen LogP contribution in [0.4, 0.5) is 4.39 Å². The lowest BCUT2D eigenvalue weighted by Gasteiger charge is -2.20. The van der Waals surface area contributed by atoms with Gasteiger partial charge in [-0.25, -0.2) is 9.38 Å². The van der Waals surface area contributed by atoms with Gasteiger partial charge in [0.1, 0.15) is 5.82 Å². The highest BCUT2D eigenvalue weighted by molar-refractivity contribution is 5.94. The molecule has 0 radical (unpaired) electrons. The first-order valence-electron chi connectivity index (χ1n) is 9.45. The first-order chi connectivity index (χ1) is 13.3. The summed E-state index contributed by atoms with van der Waals surface area (Å²) < 4.78 is 13.0. The van der Waals surface area contributed by atoms with E-state index in [2.05, 4.69) is 20.9 Å². The Bertz CT molecular complexity index is 810. The highest BCUT2D eigenvalue weighted by Gasteiger charge is 2.15. The molecule has 6 heteroatoms. The fraction of sp³-hybridized carbons (Fsp3) is 0.364. The summed E-state index contributed by atoms with van der Waals surface area (Å²) in [5, 5.41) is 9.38. The van der Waals surface area contributed by atoms with Crippen molar-refractivity contribution < 1.29 is 9.18 Å². The van der Waals surface area contributed by atoms with Crippen LogP contribution in [0.3, 0.4) is 0 Å². The molecule has 1 amide bonds. The Kier molecular flexibility index (Phi) is 7.55. The van der Waals surface area contributed by atoms with E-state index in [4.69, 9.17) is 0 Å². The molecule has 2 aromatic carbocycles. The Morgan fingerprint density at radius 3 is 2.39 bits per heavy atom. The summed E-state index contributed by atoms with van der Waals surface area (Å²) in [5.74, 6) is 0.316. The Morgan fingerprint density at radius 2 is 1.75 bits per heavy atom. The molecule has 0 unspecified atom stereocenters. The monoisotopic (exact) mass is 384 g/mol. The summed E-state index contributed by atoms with van der Waals surface area (Å²) in [6, 6.07) is 13.8. The maximum atomic E-state index is 13.0. The fourth-order valence-electron chi connectivity index (χ4n) is 2.52. The summed E-state index contributed by atoms with van der Waals surface area (Å²) in [6.07, 6.45) is 0. The maximum absolute atomic E-state index is 13.0. The number of nitrogens with zero attached hydrogens (tertiary/aromatic N) is 1. The standard InChI is InChI=1S/C22H29FN4O/c1-5-24-21(25-14-16-9-11-19(23)12-10-16)26-15-17-7-6-8-18(13-17)20(28)27-22(2,3)4/h6-13H,5,14-15H2,1-4H3,(H,27,28)(H2,24,25,26). The summed E-state index contributed by atoms with van der Waals surface area (Å²) in [4.78, 5) is 16.9. The molecule has 0 saturated carbocycles. The van der Waals surface area contributed by atoms with Gasteiger partial charge < -0.3 is 16.0 Å². The topological polar surface area (TPSA) is 65.5 Å². The van der Waals surface area contributed by atoms with E-state index in [0.717, 1.165) is 17.7 Å². The van der Waals surface area contributed by atoms with Crippen molar-refractivity contribution in [1.29, 1.82) is 0 Å². The van der Waals surface area contributed by atoms with Gasteiger partial charge >= 0.3 is 0 Å². The molecule has 0 aliphatic carbocycles. The highest BCUT2D eigenvalue weighted by atomic mass is 19.1. The van der Waals surface area contributed by atoms with Gasteiger partial charge in [0.2, 0.25) is 0 Å². The minimum atomic E-state index is -0.284. The highest BCUT2D eigenvalue weighted by Crippen LogP contribution is 2.09.